The summed E-state index contributed by atoms with van der Waals surface area (Å²) in [6, 6.07) is 0. The molecule has 0 heterocycles. The predicted octanol–water partition coefficient (Wildman–Crippen LogP) is 2.62. The fourth-order valence-corrected chi connectivity index (χ4v) is 2.66. The number of carbonyl (C=O) groups is 1. The molecule has 0 bridgehead atoms. The highest BCUT2D eigenvalue weighted by molar-refractivity contribution is 9.09. The summed E-state index contributed by atoms with van der Waals surface area (Å²) in [5.41, 5.74) is 1.03. The number of hydrogen-bond acceptors (Lipinski definition) is 1. The number of alkyl halides is 1. The normalized spacial score (nSPS) is 34.4. The standard InChI is InChI=1S/C10H11BrO/c11-9-5-1-4-8-7(9)3-2-6-10(8)12/h1,4-5,7,9H,2-3,6H2. The van der Waals surface area contributed by atoms with E-state index in [4.69, 9.17) is 0 Å². The van der Waals surface area contributed by atoms with Crippen molar-refractivity contribution in [2.75, 3.05) is 0 Å². The molecule has 2 unspecified atom stereocenters. The zero-order valence-electron chi connectivity index (χ0n) is 6.79. The SMILES string of the molecule is O=C1CCCC2C1=CC=CC2Br. The monoisotopic (exact) mass is 226 g/mol. The number of Topliss-reactive ketones (excluding diaryl/α,β-unsaturated/α-hetero) is 1. The topological polar surface area (TPSA) is 17.1 Å². The third-order valence-corrected chi connectivity index (χ3v) is 3.54. The molecule has 12 heavy (non-hydrogen) atoms. The molecule has 0 saturated heterocycles. The van der Waals surface area contributed by atoms with Crippen LogP contribution in [0, 0.1) is 5.92 Å². The smallest absolute Gasteiger partial charge is 0.159 e. The van der Waals surface area contributed by atoms with Crippen LogP contribution in [-0.4, -0.2) is 10.6 Å². The summed E-state index contributed by atoms with van der Waals surface area (Å²) in [7, 11) is 0. The van der Waals surface area contributed by atoms with Gasteiger partial charge in [0, 0.05) is 17.2 Å². The van der Waals surface area contributed by atoms with Gasteiger partial charge in [-0.1, -0.05) is 34.2 Å². The first kappa shape index (κ1) is 8.24. The van der Waals surface area contributed by atoms with Gasteiger partial charge in [0.15, 0.2) is 5.78 Å². The number of fused-ring (bicyclic) bond motifs is 1. The van der Waals surface area contributed by atoms with Crippen LogP contribution in [0.25, 0.3) is 0 Å². The second kappa shape index (κ2) is 3.17. The lowest BCUT2D eigenvalue weighted by molar-refractivity contribution is -0.117. The van der Waals surface area contributed by atoms with Gasteiger partial charge in [0.1, 0.15) is 0 Å². The second-order valence-electron chi connectivity index (χ2n) is 3.37. The zero-order chi connectivity index (χ0) is 8.55. The molecule has 0 amide bonds. The van der Waals surface area contributed by atoms with E-state index in [9.17, 15) is 4.79 Å². The molecule has 1 fully saturated rings. The van der Waals surface area contributed by atoms with Crippen LogP contribution in [0.4, 0.5) is 0 Å². The Kier molecular flexibility index (Phi) is 2.18. The molecule has 1 saturated carbocycles. The minimum Gasteiger partial charge on any atom is -0.295 e. The van der Waals surface area contributed by atoms with E-state index in [1.165, 1.54) is 0 Å². The molecule has 2 atom stereocenters. The van der Waals surface area contributed by atoms with E-state index in [0.717, 1.165) is 24.8 Å². The first-order valence-electron chi connectivity index (χ1n) is 4.34. The third-order valence-electron chi connectivity index (χ3n) is 2.60. The van der Waals surface area contributed by atoms with Crippen LogP contribution >= 0.6 is 15.9 Å². The van der Waals surface area contributed by atoms with Gasteiger partial charge in [0.05, 0.1) is 0 Å². The van der Waals surface area contributed by atoms with E-state index in [-0.39, 0.29) is 0 Å². The van der Waals surface area contributed by atoms with Gasteiger partial charge in [-0.2, -0.15) is 0 Å². The number of halogens is 1. The quantitative estimate of drug-likeness (QED) is 0.581. The van der Waals surface area contributed by atoms with Crippen LogP contribution in [0.5, 0.6) is 0 Å². The third kappa shape index (κ3) is 1.28. The maximum absolute atomic E-state index is 11.5. The lowest BCUT2D eigenvalue weighted by Gasteiger charge is -2.28. The van der Waals surface area contributed by atoms with Crippen LogP contribution < -0.4 is 0 Å². The van der Waals surface area contributed by atoms with Gasteiger partial charge in [-0.05, 0) is 18.4 Å². The molecule has 0 N–H and O–H groups in total. The molecule has 64 valence electrons. The summed E-state index contributed by atoms with van der Waals surface area (Å²) < 4.78 is 0. The van der Waals surface area contributed by atoms with Crippen molar-refractivity contribution in [2.24, 2.45) is 5.92 Å². The van der Waals surface area contributed by atoms with Crippen molar-refractivity contribution < 1.29 is 4.79 Å². The Morgan fingerprint density at radius 1 is 1.50 bits per heavy atom. The minimum absolute atomic E-state index is 0.347. The van der Waals surface area contributed by atoms with Gasteiger partial charge in [0.2, 0.25) is 0 Å². The fraction of sp³-hybridized carbons (Fsp3) is 0.500. The average Bonchev–Trinajstić information content (AvgIpc) is 2.07. The summed E-state index contributed by atoms with van der Waals surface area (Å²) in [6.45, 7) is 0. The molecule has 2 aliphatic carbocycles. The van der Waals surface area contributed by atoms with Crippen LogP contribution in [-0.2, 0) is 4.79 Å². The number of rotatable bonds is 0. The Bertz CT molecular complexity index is 265. The zero-order valence-corrected chi connectivity index (χ0v) is 8.38. The summed E-state index contributed by atoms with van der Waals surface area (Å²) >= 11 is 3.58. The van der Waals surface area contributed by atoms with Crippen LogP contribution in [0.3, 0.4) is 0 Å². The number of allylic oxidation sites excluding steroid dienone is 4. The molecule has 0 aliphatic heterocycles. The molecule has 0 aromatic rings. The molecule has 1 nitrogen and oxygen atoms in total. The van der Waals surface area contributed by atoms with Crippen molar-refractivity contribution >= 4 is 21.7 Å². The van der Waals surface area contributed by atoms with Crippen molar-refractivity contribution in [3.63, 3.8) is 0 Å². The Morgan fingerprint density at radius 2 is 2.33 bits per heavy atom. The number of carbonyl (C=O) groups excluding carboxylic acids is 1. The molecule has 2 heteroatoms. The minimum atomic E-state index is 0.347. The van der Waals surface area contributed by atoms with Crippen molar-refractivity contribution in [1.29, 1.82) is 0 Å². The molecule has 2 rings (SSSR count). The van der Waals surface area contributed by atoms with E-state index in [1.54, 1.807) is 0 Å². The van der Waals surface area contributed by atoms with E-state index >= 15 is 0 Å². The van der Waals surface area contributed by atoms with Crippen LogP contribution in [0.15, 0.2) is 23.8 Å². The summed E-state index contributed by atoms with van der Waals surface area (Å²) in [4.78, 5) is 11.8. The maximum atomic E-state index is 11.5. The largest absolute Gasteiger partial charge is 0.295 e. The summed E-state index contributed by atoms with van der Waals surface area (Å²) in [6.07, 6.45) is 9.02. The predicted molar refractivity (Wildman–Crippen MR) is 52.3 cm³/mol. The summed E-state index contributed by atoms with van der Waals surface area (Å²) in [5.74, 6) is 0.788. The molecular weight excluding hydrogens is 216 g/mol. The van der Waals surface area contributed by atoms with Gasteiger partial charge in [0.25, 0.3) is 0 Å². The van der Waals surface area contributed by atoms with Crippen molar-refractivity contribution in [2.45, 2.75) is 24.1 Å². The van der Waals surface area contributed by atoms with Gasteiger partial charge < -0.3 is 0 Å². The van der Waals surface area contributed by atoms with Gasteiger partial charge in [-0.3, -0.25) is 4.79 Å². The summed E-state index contributed by atoms with van der Waals surface area (Å²) in [5, 5.41) is 0. The van der Waals surface area contributed by atoms with Crippen molar-refractivity contribution in [3.8, 4) is 0 Å². The first-order chi connectivity index (χ1) is 5.79. The molecule has 2 aliphatic rings. The number of hydrogen-bond donors (Lipinski definition) is 0. The second-order valence-corrected chi connectivity index (χ2v) is 4.43. The highest BCUT2D eigenvalue weighted by atomic mass is 79.9. The van der Waals surface area contributed by atoms with E-state index in [1.807, 2.05) is 12.2 Å². The van der Waals surface area contributed by atoms with Crippen LogP contribution in [0.2, 0.25) is 0 Å². The highest BCUT2D eigenvalue weighted by Crippen LogP contribution is 2.35. The molecular formula is C10H11BrO. The van der Waals surface area contributed by atoms with Crippen molar-refractivity contribution in [3.05, 3.63) is 23.8 Å². The molecule has 0 aromatic carbocycles. The van der Waals surface area contributed by atoms with Gasteiger partial charge >= 0.3 is 0 Å². The maximum Gasteiger partial charge on any atom is 0.159 e. The van der Waals surface area contributed by atoms with E-state index < -0.39 is 0 Å². The molecule has 0 spiro atoms. The van der Waals surface area contributed by atoms with Gasteiger partial charge in [-0.25, -0.2) is 0 Å². The Morgan fingerprint density at radius 3 is 3.08 bits per heavy atom. The highest BCUT2D eigenvalue weighted by Gasteiger charge is 2.30. The average molecular weight is 227 g/mol. The lowest BCUT2D eigenvalue weighted by atomic mass is 9.79. The van der Waals surface area contributed by atoms with E-state index in [2.05, 4.69) is 22.0 Å². The molecule has 0 radical (unpaired) electrons. The first-order valence-corrected chi connectivity index (χ1v) is 5.26. The Labute approximate surface area is 80.7 Å². The Balaban J connectivity index is 2.29. The fourth-order valence-electron chi connectivity index (χ4n) is 1.94. The number of ketones is 1. The van der Waals surface area contributed by atoms with Gasteiger partial charge in [-0.15, -0.1) is 0 Å². The Hall–Kier alpha value is -0.370. The lowest BCUT2D eigenvalue weighted by Crippen LogP contribution is -2.26. The van der Waals surface area contributed by atoms with E-state index in [0.29, 0.717) is 16.5 Å². The van der Waals surface area contributed by atoms with Crippen molar-refractivity contribution in [1.82, 2.24) is 0 Å². The van der Waals surface area contributed by atoms with Crippen LogP contribution in [0.1, 0.15) is 19.3 Å². The molecule has 0 aromatic heterocycles.